The molecule has 0 radical (unpaired) electrons. The zero-order chi connectivity index (χ0) is 18.0. The topological polar surface area (TPSA) is 77.9 Å². The SMILES string of the molecule is CSc1ccc(N2CC(C(=O)N3CCCC3CC(=O)O)CC2=O)cc1. The van der Waals surface area contributed by atoms with E-state index in [0.717, 1.165) is 23.4 Å². The van der Waals surface area contributed by atoms with Gasteiger partial charge in [-0.15, -0.1) is 11.8 Å². The lowest BCUT2D eigenvalue weighted by Gasteiger charge is -2.26. The summed E-state index contributed by atoms with van der Waals surface area (Å²) in [4.78, 5) is 40.6. The molecule has 0 saturated carbocycles. The van der Waals surface area contributed by atoms with Crippen LogP contribution >= 0.6 is 11.8 Å². The van der Waals surface area contributed by atoms with Crippen LogP contribution in [0.1, 0.15) is 25.7 Å². The van der Waals surface area contributed by atoms with Gasteiger partial charge in [0.2, 0.25) is 11.8 Å². The van der Waals surface area contributed by atoms with Gasteiger partial charge >= 0.3 is 5.97 Å². The number of nitrogens with zero attached hydrogens (tertiary/aromatic N) is 2. The van der Waals surface area contributed by atoms with Crippen molar-refractivity contribution in [3.63, 3.8) is 0 Å². The van der Waals surface area contributed by atoms with E-state index in [2.05, 4.69) is 0 Å². The molecule has 1 aromatic rings. The molecule has 2 atom stereocenters. The average molecular weight is 362 g/mol. The first-order valence-corrected chi connectivity index (χ1v) is 9.68. The molecule has 2 aliphatic heterocycles. The molecule has 6 nitrogen and oxygen atoms in total. The van der Waals surface area contributed by atoms with Gasteiger partial charge in [-0.3, -0.25) is 14.4 Å². The van der Waals surface area contributed by atoms with Crippen molar-refractivity contribution < 1.29 is 19.5 Å². The minimum Gasteiger partial charge on any atom is -0.481 e. The Morgan fingerprint density at radius 2 is 2.00 bits per heavy atom. The number of rotatable bonds is 5. The summed E-state index contributed by atoms with van der Waals surface area (Å²) in [6.45, 7) is 0.955. The van der Waals surface area contributed by atoms with Gasteiger partial charge in [0.25, 0.3) is 0 Å². The van der Waals surface area contributed by atoms with Gasteiger partial charge in [0.05, 0.1) is 12.3 Å². The highest BCUT2D eigenvalue weighted by Crippen LogP contribution is 2.30. The van der Waals surface area contributed by atoms with E-state index in [9.17, 15) is 14.4 Å². The Balaban J connectivity index is 1.68. The van der Waals surface area contributed by atoms with Crippen LogP contribution in [0.3, 0.4) is 0 Å². The largest absolute Gasteiger partial charge is 0.481 e. The van der Waals surface area contributed by atoms with Gasteiger partial charge in [-0.05, 0) is 43.4 Å². The molecule has 25 heavy (non-hydrogen) atoms. The lowest BCUT2D eigenvalue weighted by Crippen LogP contribution is -2.41. The maximum absolute atomic E-state index is 12.8. The van der Waals surface area contributed by atoms with Crippen molar-refractivity contribution in [2.45, 2.75) is 36.6 Å². The number of hydrogen-bond acceptors (Lipinski definition) is 4. The quantitative estimate of drug-likeness (QED) is 0.813. The predicted octanol–water partition coefficient (Wildman–Crippen LogP) is 2.23. The summed E-state index contributed by atoms with van der Waals surface area (Å²) in [5.74, 6) is -1.41. The van der Waals surface area contributed by atoms with Crippen LogP contribution in [-0.4, -0.2) is 53.2 Å². The fraction of sp³-hybridized carbons (Fsp3) is 0.500. The van der Waals surface area contributed by atoms with E-state index in [1.807, 2.05) is 30.5 Å². The third-order valence-corrected chi connectivity index (χ3v) is 5.67. The van der Waals surface area contributed by atoms with Crippen molar-refractivity contribution in [1.82, 2.24) is 4.90 Å². The Labute approximate surface area is 151 Å². The molecule has 0 aromatic heterocycles. The molecular weight excluding hydrogens is 340 g/mol. The van der Waals surface area contributed by atoms with Crippen LogP contribution in [0.4, 0.5) is 5.69 Å². The van der Waals surface area contributed by atoms with E-state index in [1.54, 1.807) is 21.6 Å². The van der Waals surface area contributed by atoms with Crippen LogP contribution in [0.15, 0.2) is 29.2 Å². The summed E-state index contributed by atoms with van der Waals surface area (Å²) >= 11 is 1.64. The molecule has 2 amide bonds. The Morgan fingerprint density at radius 3 is 2.64 bits per heavy atom. The first-order chi connectivity index (χ1) is 12.0. The highest BCUT2D eigenvalue weighted by Gasteiger charge is 2.40. The lowest BCUT2D eigenvalue weighted by molar-refractivity contribution is -0.141. The average Bonchev–Trinajstić information content (AvgIpc) is 3.20. The Morgan fingerprint density at radius 1 is 1.28 bits per heavy atom. The number of carbonyl (C=O) groups is 3. The van der Waals surface area contributed by atoms with E-state index < -0.39 is 5.97 Å². The smallest absolute Gasteiger partial charge is 0.305 e. The van der Waals surface area contributed by atoms with Crippen molar-refractivity contribution in [3.8, 4) is 0 Å². The maximum Gasteiger partial charge on any atom is 0.305 e. The number of amides is 2. The third-order valence-electron chi connectivity index (χ3n) is 4.93. The number of anilines is 1. The van der Waals surface area contributed by atoms with Gasteiger partial charge in [-0.25, -0.2) is 0 Å². The predicted molar refractivity (Wildman–Crippen MR) is 95.7 cm³/mol. The second-order valence-electron chi connectivity index (χ2n) is 6.53. The normalized spacial score (nSPS) is 23.3. The monoisotopic (exact) mass is 362 g/mol. The Kier molecular flexibility index (Phi) is 5.32. The van der Waals surface area contributed by atoms with Gasteiger partial charge in [-0.2, -0.15) is 0 Å². The molecule has 0 bridgehead atoms. The second-order valence-corrected chi connectivity index (χ2v) is 7.41. The number of hydrogen-bond donors (Lipinski definition) is 1. The molecule has 2 unspecified atom stereocenters. The molecule has 2 aliphatic rings. The van der Waals surface area contributed by atoms with Crippen molar-refractivity contribution in [3.05, 3.63) is 24.3 Å². The summed E-state index contributed by atoms with van der Waals surface area (Å²) in [6.07, 6.45) is 3.71. The van der Waals surface area contributed by atoms with Gasteiger partial charge in [0, 0.05) is 36.1 Å². The number of aliphatic carboxylic acids is 1. The number of thioether (sulfide) groups is 1. The number of carboxylic acids is 1. The highest BCUT2D eigenvalue weighted by atomic mass is 32.2. The molecule has 7 heteroatoms. The second kappa shape index (κ2) is 7.47. The van der Waals surface area contributed by atoms with Crippen molar-refractivity contribution in [1.29, 1.82) is 0 Å². The minimum atomic E-state index is -0.886. The summed E-state index contributed by atoms with van der Waals surface area (Å²) in [5, 5.41) is 9.01. The standard InChI is InChI=1S/C18H22N2O4S/c1-25-15-6-4-13(5-7-15)20-11-12(9-16(20)21)18(24)19-8-2-3-14(19)10-17(22)23/h4-7,12,14H,2-3,8-11H2,1H3,(H,22,23). The van der Waals surface area contributed by atoms with Crippen LogP contribution in [0.5, 0.6) is 0 Å². The first-order valence-electron chi connectivity index (χ1n) is 8.46. The van der Waals surface area contributed by atoms with Crippen LogP contribution in [0.2, 0.25) is 0 Å². The van der Waals surface area contributed by atoms with E-state index >= 15 is 0 Å². The fourth-order valence-corrected chi connectivity index (χ4v) is 4.07. The zero-order valence-electron chi connectivity index (χ0n) is 14.2. The van der Waals surface area contributed by atoms with E-state index in [0.29, 0.717) is 13.1 Å². The van der Waals surface area contributed by atoms with E-state index in [1.165, 1.54) is 0 Å². The van der Waals surface area contributed by atoms with Crippen molar-refractivity contribution in [2.75, 3.05) is 24.2 Å². The van der Waals surface area contributed by atoms with Gasteiger partial charge in [-0.1, -0.05) is 0 Å². The molecule has 1 aromatic carbocycles. The molecule has 3 rings (SSSR count). The number of benzene rings is 1. The minimum absolute atomic E-state index is 0.0216. The summed E-state index contributed by atoms with van der Waals surface area (Å²) in [6, 6.07) is 7.49. The zero-order valence-corrected chi connectivity index (χ0v) is 15.0. The number of carboxylic acid groups (broad SMARTS) is 1. The first kappa shape index (κ1) is 17.8. The number of likely N-dealkylation sites (tertiary alicyclic amines) is 1. The van der Waals surface area contributed by atoms with E-state index in [-0.39, 0.29) is 36.6 Å². The molecular formula is C18H22N2O4S. The highest BCUT2D eigenvalue weighted by molar-refractivity contribution is 7.98. The molecule has 0 spiro atoms. The molecule has 134 valence electrons. The molecule has 2 fully saturated rings. The Bertz CT molecular complexity index is 676. The van der Waals surface area contributed by atoms with Crippen LogP contribution in [-0.2, 0) is 14.4 Å². The maximum atomic E-state index is 12.8. The van der Waals surface area contributed by atoms with Crippen LogP contribution in [0.25, 0.3) is 0 Å². The van der Waals surface area contributed by atoms with Crippen molar-refractivity contribution >= 4 is 35.2 Å². The van der Waals surface area contributed by atoms with Gasteiger partial charge in [0.15, 0.2) is 0 Å². The Hall–Kier alpha value is -2.02. The summed E-state index contributed by atoms with van der Waals surface area (Å²) in [5.41, 5.74) is 0.807. The molecule has 2 saturated heterocycles. The summed E-state index contributed by atoms with van der Waals surface area (Å²) < 4.78 is 0. The lowest BCUT2D eigenvalue weighted by atomic mass is 10.1. The molecule has 0 aliphatic carbocycles. The molecule has 1 N–H and O–H groups in total. The number of carbonyl (C=O) groups excluding carboxylic acids is 2. The van der Waals surface area contributed by atoms with Gasteiger partial charge < -0.3 is 14.9 Å². The van der Waals surface area contributed by atoms with Gasteiger partial charge in [0.1, 0.15) is 0 Å². The van der Waals surface area contributed by atoms with Crippen LogP contribution < -0.4 is 4.90 Å². The summed E-state index contributed by atoms with van der Waals surface area (Å²) in [7, 11) is 0. The third kappa shape index (κ3) is 3.81. The van der Waals surface area contributed by atoms with E-state index in [4.69, 9.17) is 5.11 Å². The van der Waals surface area contributed by atoms with Crippen molar-refractivity contribution in [2.24, 2.45) is 5.92 Å². The fourth-order valence-electron chi connectivity index (χ4n) is 3.66. The molecule has 2 heterocycles. The van der Waals surface area contributed by atoms with Crippen LogP contribution in [0, 0.1) is 5.92 Å².